The number of thiazole rings is 1. The smallest absolute Gasteiger partial charge is 0.158 e. The first kappa shape index (κ1) is 14.0. The second-order valence-corrected chi connectivity index (χ2v) is 6.78. The van der Waals surface area contributed by atoms with Gasteiger partial charge in [-0.15, -0.1) is 11.3 Å². The molecule has 0 spiro atoms. The molecular weight excluding hydrogens is 300 g/mol. The fourth-order valence-corrected chi connectivity index (χ4v) is 4.08. The molecular formula is C16H18N2O3S. The number of rotatable bonds is 2. The maximum atomic E-state index is 9.61. The van der Waals surface area contributed by atoms with Crippen molar-refractivity contribution < 1.29 is 14.9 Å². The summed E-state index contributed by atoms with van der Waals surface area (Å²) in [5, 5.41) is 22.0. The Hall–Kier alpha value is -1.63. The van der Waals surface area contributed by atoms with Crippen LogP contribution in [0.15, 0.2) is 23.6 Å². The fraction of sp³-hybridized carbons (Fsp3) is 0.438. The van der Waals surface area contributed by atoms with E-state index >= 15 is 0 Å². The number of phenols is 2. The maximum absolute atomic E-state index is 9.61. The second-order valence-electron chi connectivity index (χ2n) is 5.89. The molecule has 3 heterocycles. The number of aromatic hydroxyl groups is 2. The zero-order chi connectivity index (χ0) is 15.1. The zero-order valence-corrected chi connectivity index (χ0v) is 12.9. The lowest BCUT2D eigenvalue weighted by atomic mass is 10.1. The molecule has 0 aliphatic carbocycles. The van der Waals surface area contributed by atoms with Gasteiger partial charge in [0.25, 0.3) is 0 Å². The summed E-state index contributed by atoms with van der Waals surface area (Å²) in [6.07, 6.45) is 2.54. The predicted molar refractivity (Wildman–Crippen MR) is 84.2 cm³/mol. The Balaban J connectivity index is 1.55. The van der Waals surface area contributed by atoms with Gasteiger partial charge in [-0.1, -0.05) is 0 Å². The van der Waals surface area contributed by atoms with E-state index in [0.717, 1.165) is 36.0 Å². The van der Waals surface area contributed by atoms with Crippen LogP contribution in [0.4, 0.5) is 0 Å². The molecule has 5 nitrogen and oxygen atoms in total. The third-order valence-corrected chi connectivity index (χ3v) is 5.39. The van der Waals surface area contributed by atoms with Crippen molar-refractivity contribution in [3.05, 3.63) is 28.6 Å². The first-order chi connectivity index (χ1) is 10.7. The average Bonchev–Trinajstić information content (AvgIpc) is 3.17. The van der Waals surface area contributed by atoms with E-state index in [1.807, 2.05) is 5.38 Å². The van der Waals surface area contributed by atoms with E-state index in [9.17, 15) is 10.2 Å². The van der Waals surface area contributed by atoms with E-state index in [0.29, 0.717) is 6.04 Å². The summed E-state index contributed by atoms with van der Waals surface area (Å²) in [5.74, 6) is -0.240. The van der Waals surface area contributed by atoms with Crippen LogP contribution in [0.25, 0.3) is 11.3 Å². The number of aromatic nitrogens is 1. The molecule has 2 N–H and O–H groups in total. The third kappa shape index (κ3) is 2.47. The van der Waals surface area contributed by atoms with Crippen LogP contribution in [0.2, 0.25) is 0 Å². The highest BCUT2D eigenvalue weighted by molar-refractivity contribution is 7.10. The van der Waals surface area contributed by atoms with Gasteiger partial charge in [0.15, 0.2) is 11.5 Å². The average molecular weight is 318 g/mol. The van der Waals surface area contributed by atoms with Crippen LogP contribution >= 0.6 is 11.3 Å². The largest absolute Gasteiger partial charge is 0.504 e. The van der Waals surface area contributed by atoms with Gasteiger partial charge in [0.2, 0.25) is 0 Å². The van der Waals surface area contributed by atoms with Crippen molar-refractivity contribution in [3.63, 3.8) is 0 Å². The van der Waals surface area contributed by atoms with Crippen molar-refractivity contribution in [3.8, 4) is 22.8 Å². The van der Waals surface area contributed by atoms with Crippen LogP contribution in [0.1, 0.15) is 24.0 Å². The number of ether oxygens (including phenoxy) is 1. The van der Waals surface area contributed by atoms with E-state index in [4.69, 9.17) is 4.74 Å². The van der Waals surface area contributed by atoms with Crippen molar-refractivity contribution in [2.75, 3.05) is 19.7 Å². The molecule has 4 rings (SSSR count). The molecule has 2 saturated heterocycles. The summed E-state index contributed by atoms with van der Waals surface area (Å²) < 4.78 is 5.99. The molecule has 116 valence electrons. The molecule has 0 radical (unpaired) electrons. The molecule has 2 aliphatic heterocycles. The van der Waals surface area contributed by atoms with Gasteiger partial charge >= 0.3 is 0 Å². The van der Waals surface area contributed by atoms with Crippen molar-refractivity contribution in [1.82, 2.24) is 9.88 Å². The highest BCUT2D eigenvalue weighted by atomic mass is 32.1. The third-order valence-electron chi connectivity index (χ3n) is 4.46. The molecule has 0 unspecified atom stereocenters. The summed E-state index contributed by atoms with van der Waals surface area (Å²) in [6, 6.07) is 5.36. The van der Waals surface area contributed by atoms with Gasteiger partial charge in [0, 0.05) is 23.5 Å². The Morgan fingerprint density at radius 2 is 2.18 bits per heavy atom. The molecule has 2 aliphatic rings. The number of hydrogen-bond donors (Lipinski definition) is 2. The molecule has 2 atom stereocenters. The van der Waals surface area contributed by atoms with Crippen LogP contribution in [0.3, 0.4) is 0 Å². The number of nitrogens with zero attached hydrogens (tertiary/aromatic N) is 2. The first-order valence-corrected chi connectivity index (χ1v) is 8.42. The van der Waals surface area contributed by atoms with Crippen molar-refractivity contribution in [2.24, 2.45) is 0 Å². The normalized spacial score (nSPS) is 25.3. The van der Waals surface area contributed by atoms with Gasteiger partial charge in [-0.2, -0.15) is 0 Å². The number of hydrogen-bond acceptors (Lipinski definition) is 6. The van der Waals surface area contributed by atoms with Crippen LogP contribution in [0, 0.1) is 0 Å². The number of phenolic OH excluding ortho intramolecular Hbond substituents is 2. The molecule has 1 aromatic heterocycles. The van der Waals surface area contributed by atoms with E-state index < -0.39 is 0 Å². The minimum absolute atomic E-state index is 0.0406. The van der Waals surface area contributed by atoms with E-state index in [-0.39, 0.29) is 17.6 Å². The molecule has 2 fully saturated rings. The Morgan fingerprint density at radius 3 is 3.05 bits per heavy atom. The van der Waals surface area contributed by atoms with Gasteiger partial charge in [-0.3, -0.25) is 4.90 Å². The highest BCUT2D eigenvalue weighted by Gasteiger charge is 2.34. The molecule has 6 heteroatoms. The SMILES string of the molecule is Oc1ccc(-c2csc([C@H]3CN4CCC[C@@H]4CO3)n2)cc1O. The van der Waals surface area contributed by atoms with Gasteiger partial charge in [0.05, 0.1) is 12.3 Å². The fourth-order valence-electron chi connectivity index (χ4n) is 3.22. The molecule has 0 bridgehead atoms. The topological polar surface area (TPSA) is 65.8 Å². The predicted octanol–water partition coefficient (Wildman–Crippen LogP) is 2.76. The Labute approximate surface area is 132 Å². The van der Waals surface area contributed by atoms with Crippen molar-refractivity contribution in [1.29, 1.82) is 0 Å². The summed E-state index contributed by atoms with van der Waals surface area (Å²) >= 11 is 1.59. The molecule has 0 saturated carbocycles. The quantitative estimate of drug-likeness (QED) is 0.834. The first-order valence-electron chi connectivity index (χ1n) is 7.54. The highest BCUT2D eigenvalue weighted by Crippen LogP contribution is 2.35. The van der Waals surface area contributed by atoms with Crippen LogP contribution in [0.5, 0.6) is 11.5 Å². The summed E-state index contributed by atoms with van der Waals surface area (Å²) in [6.45, 7) is 2.87. The molecule has 0 amide bonds. The lowest BCUT2D eigenvalue weighted by molar-refractivity contribution is -0.0502. The van der Waals surface area contributed by atoms with E-state index in [1.165, 1.54) is 25.0 Å². The molecule has 22 heavy (non-hydrogen) atoms. The maximum Gasteiger partial charge on any atom is 0.158 e. The van der Waals surface area contributed by atoms with Crippen LogP contribution < -0.4 is 0 Å². The minimum Gasteiger partial charge on any atom is -0.504 e. The van der Waals surface area contributed by atoms with Gasteiger partial charge < -0.3 is 14.9 Å². The van der Waals surface area contributed by atoms with Crippen molar-refractivity contribution in [2.45, 2.75) is 25.0 Å². The Morgan fingerprint density at radius 1 is 1.27 bits per heavy atom. The number of benzene rings is 1. The molecule has 2 aromatic rings. The second kappa shape index (κ2) is 5.53. The van der Waals surface area contributed by atoms with Crippen molar-refractivity contribution >= 4 is 11.3 Å². The Bertz CT molecular complexity index is 688. The van der Waals surface area contributed by atoms with Gasteiger partial charge in [-0.05, 0) is 37.6 Å². The van der Waals surface area contributed by atoms with Crippen LogP contribution in [-0.4, -0.2) is 45.8 Å². The Kier molecular flexibility index (Phi) is 3.52. The van der Waals surface area contributed by atoms with Gasteiger partial charge in [-0.25, -0.2) is 4.98 Å². The van der Waals surface area contributed by atoms with E-state index in [1.54, 1.807) is 17.4 Å². The lowest BCUT2D eigenvalue weighted by Crippen LogP contribution is -2.42. The zero-order valence-electron chi connectivity index (χ0n) is 12.1. The summed E-state index contributed by atoms with van der Waals surface area (Å²) in [7, 11) is 0. The molecule has 1 aromatic carbocycles. The number of morpholine rings is 1. The standard InChI is InChI=1S/C16H18N2O3S/c19-13-4-3-10(6-14(13)20)12-9-22-16(17-12)15-7-18-5-1-2-11(18)8-21-15/h3-4,6,9,11,15,19-20H,1-2,5,7-8H2/t11-,15-/m1/s1. The minimum atomic E-state index is -0.124. The number of fused-ring (bicyclic) bond motifs is 1. The van der Waals surface area contributed by atoms with E-state index in [2.05, 4.69) is 9.88 Å². The van der Waals surface area contributed by atoms with Gasteiger partial charge in [0.1, 0.15) is 11.1 Å². The lowest BCUT2D eigenvalue weighted by Gasteiger charge is -2.34. The summed E-state index contributed by atoms with van der Waals surface area (Å²) in [5.41, 5.74) is 1.61. The van der Waals surface area contributed by atoms with Crippen LogP contribution in [-0.2, 0) is 4.74 Å². The monoisotopic (exact) mass is 318 g/mol. The summed E-state index contributed by atoms with van der Waals surface area (Å²) in [4.78, 5) is 7.16.